The largest absolute Gasteiger partial charge is 0.458 e. The molecule has 3 rings (SSSR count). The zero-order valence-electron chi connectivity index (χ0n) is 12.9. The van der Waals surface area contributed by atoms with Gasteiger partial charge in [-0.15, -0.1) is 0 Å². The molecule has 3 nitrogen and oxygen atoms in total. The molecule has 0 N–H and O–H groups in total. The smallest absolute Gasteiger partial charge is 0.338 e. The Labute approximate surface area is 136 Å². The van der Waals surface area contributed by atoms with E-state index in [0.29, 0.717) is 11.1 Å². The quantitative estimate of drug-likeness (QED) is 0.788. The number of nitrogens with zero attached hydrogens (tertiary/aromatic N) is 1. The zero-order valence-corrected chi connectivity index (χ0v) is 12.9. The van der Waals surface area contributed by atoms with Crippen LogP contribution in [-0.4, -0.2) is 12.1 Å². The topological polar surface area (TPSA) is 50.1 Å². The average molecular weight is 305 g/mol. The molecule has 1 saturated carbocycles. The number of hydrogen-bond donors (Lipinski definition) is 0. The van der Waals surface area contributed by atoms with E-state index in [1.165, 1.54) is 12.0 Å². The summed E-state index contributed by atoms with van der Waals surface area (Å²) in [5.41, 5.74) is 2.28. The lowest BCUT2D eigenvalue weighted by atomic mass is 9.81. The highest BCUT2D eigenvalue weighted by Crippen LogP contribution is 2.35. The first-order valence-electron chi connectivity index (χ1n) is 8.04. The summed E-state index contributed by atoms with van der Waals surface area (Å²) >= 11 is 0. The molecule has 23 heavy (non-hydrogen) atoms. The number of esters is 1. The molecule has 2 aromatic carbocycles. The average Bonchev–Trinajstić information content (AvgIpc) is 2.63. The fraction of sp³-hybridized carbons (Fsp3) is 0.300. The molecule has 0 unspecified atom stereocenters. The maximum absolute atomic E-state index is 12.4. The highest BCUT2D eigenvalue weighted by molar-refractivity contribution is 5.89. The first-order chi connectivity index (χ1) is 11.3. The van der Waals surface area contributed by atoms with Gasteiger partial charge >= 0.3 is 5.97 Å². The van der Waals surface area contributed by atoms with Crippen molar-refractivity contribution in [3.05, 3.63) is 71.3 Å². The third-order valence-corrected chi connectivity index (χ3v) is 4.44. The second-order valence-corrected chi connectivity index (χ2v) is 5.93. The summed E-state index contributed by atoms with van der Waals surface area (Å²) in [6, 6.07) is 18.9. The van der Waals surface area contributed by atoms with E-state index >= 15 is 0 Å². The highest BCUT2D eigenvalue weighted by Gasteiger charge is 2.29. The summed E-state index contributed by atoms with van der Waals surface area (Å²) in [6.07, 6.45) is 4.14. The number of ether oxygens (including phenoxy) is 1. The number of rotatable bonds is 3. The van der Waals surface area contributed by atoms with Gasteiger partial charge in [-0.25, -0.2) is 4.79 Å². The molecule has 116 valence electrons. The van der Waals surface area contributed by atoms with Crippen LogP contribution in [0.15, 0.2) is 54.6 Å². The molecular formula is C20H19NO2. The van der Waals surface area contributed by atoms with Crippen LogP contribution in [0.1, 0.15) is 53.1 Å². The van der Waals surface area contributed by atoms with Gasteiger partial charge < -0.3 is 4.74 Å². The Balaban J connectivity index is 1.74. The fourth-order valence-corrected chi connectivity index (χ4v) is 3.21. The molecule has 0 spiro atoms. The van der Waals surface area contributed by atoms with Gasteiger partial charge in [0.25, 0.3) is 0 Å². The van der Waals surface area contributed by atoms with Crippen LogP contribution in [0.25, 0.3) is 0 Å². The Hall–Kier alpha value is -2.60. The summed E-state index contributed by atoms with van der Waals surface area (Å²) < 4.78 is 5.80. The molecule has 1 aliphatic carbocycles. The molecule has 1 fully saturated rings. The van der Waals surface area contributed by atoms with Crippen molar-refractivity contribution in [1.29, 1.82) is 5.26 Å². The van der Waals surface area contributed by atoms with Gasteiger partial charge in [-0.05, 0) is 49.1 Å². The van der Waals surface area contributed by atoms with Crippen molar-refractivity contribution < 1.29 is 9.53 Å². The van der Waals surface area contributed by atoms with Crippen LogP contribution < -0.4 is 0 Å². The molecular weight excluding hydrogens is 286 g/mol. The molecule has 0 heterocycles. The lowest BCUT2D eigenvalue weighted by Crippen LogP contribution is -2.28. The molecule has 2 atom stereocenters. The number of hydrogen-bond acceptors (Lipinski definition) is 3. The molecule has 0 aromatic heterocycles. The minimum atomic E-state index is -0.303. The second kappa shape index (κ2) is 7.11. The van der Waals surface area contributed by atoms with E-state index in [4.69, 9.17) is 10.00 Å². The number of nitriles is 1. The van der Waals surface area contributed by atoms with Crippen LogP contribution in [0.4, 0.5) is 0 Å². The summed E-state index contributed by atoms with van der Waals surface area (Å²) in [4.78, 5) is 12.4. The molecule has 0 amide bonds. The summed E-state index contributed by atoms with van der Waals surface area (Å²) in [5, 5.41) is 8.82. The molecule has 0 bridgehead atoms. The predicted octanol–water partition coefficient (Wildman–Crippen LogP) is 4.44. The SMILES string of the molecule is N#Cc1ccc(C(=O)O[C@H]2CCCC[C@H]2c2ccccc2)cc1. The molecule has 2 aromatic rings. The first-order valence-corrected chi connectivity index (χ1v) is 8.04. The Morgan fingerprint density at radius 1 is 1.00 bits per heavy atom. The van der Waals surface area contributed by atoms with E-state index in [0.717, 1.165) is 19.3 Å². The van der Waals surface area contributed by atoms with Crippen LogP contribution in [0.2, 0.25) is 0 Å². The van der Waals surface area contributed by atoms with E-state index in [-0.39, 0.29) is 18.0 Å². The first kappa shape index (κ1) is 15.3. The van der Waals surface area contributed by atoms with Crippen molar-refractivity contribution in [3.63, 3.8) is 0 Å². The maximum atomic E-state index is 12.4. The van der Waals surface area contributed by atoms with Crippen LogP contribution in [0, 0.1) is 11.3 Å². The lowest BCUT2D eigenvalue weighted by molar-refractivity contribution is 0.0142. The standard InChI is InChI=1S/C20H19NO2/c21-14-15-10-12-17(13-11-15)20(22)23-19-9-5-4-8-18(19)16-6-2-1-3-7-16/h1-3,6-7,10-13,18-19H,4-5,8-9H2/t18-,19-/m0/s1. The number of carbonyl (C=O) groups excluding carboxylic acids is 1. The summed E-state index contributed by atoms with van der Waals surface area (Å²) in [7, 11) is 0. The van der Waals surface area contributed by atoms with Crippen molar-refractivity contribution in [2.45, 2.75) is 37.7 Å². The van der Waals surface area contributed by atoms with Crippen LogP contribution in [0.3, 0.4) is 0 Å². The van der Waals surface area contributed by atoms with Crippen molar-refractivity contribution in [1.82, 2.24) is 0 Å². The van der Waals surface area contributed by atoms with E-state index in [9.17, 15) is 4.79 Å². The Morgan fingerprint density at radius 2 is 1.70 bits per heavy atom. The number of carbonyl (C=O) groups is 1. The van der Waals surface area contributed by atoms with E-state index in [2.05, 4.69) is 18.2 Å². The van der Waals surface area contributed by atoms with Crippen molar-refractivity contribution in [2.24, 2.45) is 0 Å². The van der Waals surface area contributed by atoms with Gasteiger partial charge in [-0.3, -0.25) is 0 Å². The van der Waals surface area contributed by atoms with Gasteiger partial charge in [0.1, 0.15) is 6.10 Å². The molecule has 0 radical (unpaired) electrons. The molecule has 1 aliphatic rings. The third-order valence-electron chi connectivity index (χ3n) is 4.44. The Morgan fingerprint density at radius 3 is 2.39 bits per heavy atom. The van der Waals surface area contributed by atoms with E-state index in [1.54, 1.807) is 24.3 Å². The van der Waals surface area contributed by atoms with Gasteiger partial charge in [-0.1, -0.05) is 36.8 Å². The van der Waals surface area contributed by atoms with E-state index < -0.39 is 0 Å². The fourth-order valence-electron chi connectivity index (χ4n) is 3.21. The minimum Gasteiger partial charge on any atom is -0.458 e. The Bertz CT molecular complexity index is 701. The van der Waals surface area contributed by atoms with Crippen molar-refractivity contribution >= 4 is 5.97 Å². The minimum absolute atomic E-state index is 0.0747. The lowest BCUT2D eigenvalue weighted by Gasteiger charge is -2.31. The van der Waals surface area contributed by atoms with Crippen LogP contribution in [0.5, 0.6) is 0 Å². The van der Waals surface area contributed by atoms with E-state index in [1.807, 2.05) is 18.2 Å². The number of benzene rings is 2. The molecule has 3 heteroatoms. The maximum Gasteiger partial charge on any atom is 0.338 e. The highest BCUT2D eigenvalue weighted by atomic mass is 16.5. The van der Waals surface area contributed by atoms with Gasteiger partial charge in [0.15, 0.2) is 0 Å². The molecule has 0 saturated heterocycles. The third kappa shape index (κ3) is 3.60. The predicted molar refractivity (Wildman–Crippen MR) is 88.0 cm³/mol. The van der Waals surface area contributed by atoms with Crippen LogP contribution in [-0.2, 0) is 4.74 Å². The van der Waals surface area contributed by atoms with Crippen LogP contribution >= 0.6 is 0 Å². The van der Waals surface area contributed by atoms with Gasteiger partial charge in [0, 0.05) is 5.92 Å². The van der Waals surface area contributed by atoms with Gasteiger partial charge in [-0.2, -0.15) is 5.26 Å². The second-order valence-electron chi connectivity index (χ2n) is 5.93. The molecule has 0 aliphatic heterocycles. The summed E-state index contributed by atoms with van der Waals surface area (Å²) in [6.45, 7) is 0. The van der Waals surface area contributed by atoms with Crippen molar-refractivity contribution in [3.8, 4) is 6.07 Å². The van der Waals surface area contributed by atoms with Gasteiger partial charge in [0.05, 0.1) is 17.2 Å². The van der Waals surface area contributed by atoms with Crippen molar-refractivity contribution in [2.75, 3.05) is 0 Å². The van der Waals surface area contributed by atoms with Gasteiger partial charge in [0.2, 0.25) is 0 Å². The normalized spacial score (nSPS) is 20.5. The zero-order chi connectivity index (χ0) is 16.1. The Kier molecular flexibility index (Phi) is 4.73. The monoisotopic (exact) mass is 305 g/mol. The summed E-state index contributed by atoms with van der Waals surface area (Å²) in [5.74, 6) is -0.0328.